The molecule has 0 amide bonds. The van der Waals surface area contributed by atoms with Crippen molar-refractivity contribution >= 4 is 21.9 Å². The maximum atomic E-state index is 10.4. The summed E-state index contributed by atoms with van der Waals surface area (Å²) in [5.41, 5.74) is -0.0114. The highest BCUT2D eigenvalue weighted by molar-refractivity contribution is 9.10. The molecular formula is C7H6BrNO3. The van der Waals surface area contributed by atoms with E-state index >= 15 is 0 Å². The second kappa shape index (κ2) is 3.53. The number of nitrogens with zero attached hydrogens (tertiary/aromatic N) is 1. The van der Waals surface area contributed by atoms with E-state index in [1.807, 2.05) is 0 Å². The van der Waals surface area contributed by atoms with Crippen molar-refractivity contribution in [2.24, 2.45) is 0 Å². The number of aromatic carboxylic acids is 1. The second-order valence-corrected chi connectivity index (χ2v) is 2.75. The second-order valence-electron chi connectivity index (χ2n) is 1.99. The fraction of sp³-hybridized carbons (Fsp3) is 0.143. The Morgan fingerprint density at radius 2 is 2.33 bits per heavy atom. The number of pyridine rings is 1. The van der Waals surface area contributed by atoms with Crippen molar-refractivity contribution in [3.05, 3.63) is 22.4 Å². The Morgan fingerprint density at radius 1 is 1.67 bits per heavy atom. The van der Waals surface area contributed by atoms with E-state index in [1.54, 1.807) is 6.07 Å². The van der Waals surface area contributed by atoms with Gasteiger partial charge in [0.2, 0.25) is 0 Å². The largest absolute Gasteiger partial charge is 0.494 e. The van der Waals surface area contributed by atoms with Gasteiger partial charge in [-0.05, 0) is 28.1 Å². The molecule has 0 aliphatic rings. The Labute approximate surface area is 77.3 Å². The topological polar surface area (TPSA) is 59.4 Å². The van der Waals surface area contributed by atoms with Gasteiger partial charge in [0.25, 0.3) is 0 Å². The normalized spacial score (nSPS) is 9.50. The van der Waals surface area contributed by atoms with Crippen LogP contribution in [-0.4, -0.2) is 23.2 Å². The van der Waals surface area contributed by atoms with Crippen LogP contribution in [0.1, 0.15) is 10.5 Å². The van der Waals surface area contributed by atoms with Gasteiger partial charge in [-0.1, -0.05) is 0 Å². The standard InChI is InChI=1S/C7H6BrNO3/c1-12-5-3-2-4(7(10)11)9-6(5)8/h2-3H,1H3,(H,10,11). The van der Waals surface area contributed by atoms with Crippen LogP contribution in [0.5, 0.6) is 5.75 Å². The molecule has 0 spiro atoms. The first-order valence-corrected chi connectivity index (χ1v) is 3.88. The molecule has 0 bridgehead atoms. The zero-order valence-corrected chi connectivity index (χ0v) is 7.83. The van der Waals surface area contributed by atoms with Crippen LogP contribution >= 0.6 is 15.9 Å². The number of methoxy groups -OCH3 is 1. The van der Waals surface area contributed by atoms with Crippen LogP contribution in [0.15, 0.2) is 16.7 Å². The Hall–Kier alpha value is -1.10. The van der Waals surface area contributed by atoms with E-state index in [0.29, 0.717) is 10.4 Å². The highest BCUT2D eigenvalue weighted by atomic mass is 79.9. The van der Waals surface area contributed by atoms with Gasteiger partial charge in [-0.3, -0.25) is 0 Å². The van der Waals surface area contributed by atoms with E-state index in [1.165, 1.54) is 13.2 Å². The molecule has 0 aromatic carbocycles. The fourth-order valence-corrected chi connectivity index (χ4v) is 1.18. The first kappa shape index (κ1) is 8.99. The van der Waals surface area contributed by atoms with Crippen molar-refractivity contribution in [2.75, 3.05) is 7.11 Å². The van der Waals surface area contributed by atoms with Crippen LogP contribution in [0.4, 0.5) is 0 Å². The van der Waals surface area contributed by atoms with E-state index in [0.717, 1.165) is 0 Å². The van der Waals surface area contributed by atoms with E-state index in [4.69, 9.17) is 9.84 Å². The molecule has 64 valence electrons. The van der Waals surface area contributed by atoms with E-state index in [-0.39, 0.29) is 5.69 Å². The van der Waals surface area contributed by atoms with Crippen LogP contribution < -0.4 is 4.74 Å². The van der Waals surface area contributed by atoms with Crippen molar-refractivity contribution in [2.45, 2.75) is 0 Å². The lowest BCUT2D eigenvalue weighted by atomic mass is 10.3. The molecule has 4 nitrogen and oxygen atoms in total. The lowest BCUT2D eigenvalue weighted by Crippen LogP contribution is -2.00. The monoisotopic (exact) mass is 231 g/mol. The summed E-state index contributed by atoms with van der Waals surface area (Å²) in [4.78, 5) is 14.2. The van der Waals surface area contributed by atoms with Gasteiger partial charge in [-0.25, -0.2) is 9.78 Å². The zero-order chi connectivity index (χ0) is 9.14. The molecule has 1 heterocycles. The third-order valence-electron chi connectivity index (χ3n) is 1.25. The number of carbonyl (C=O) groups is 1. The lowest BCUT2D eigenvalue weighted by molar-refractivity contribution is 0.0690. The molecule has 1 aromatic heterocycles. The zero-order valence-electron chi connectivity index (χ0n) is 6.24. The molecular weight excluding hydrogens is 226 g/mol. The van der Waals surface area contributed by atoms with E-state index in [9.17, 15) is 4.79 Å². The molecule has 0 aliphatic heterocycles. The first-order valence-electron chi connectivity index (χ1n) is 3.09. The van der Waals surface area contributed by atoms with Crippen LogP contribution in [0.25, 0.3) is 0 Å². The van der Waals surface area contributed by atoms with Crippen molar-refractivity contribution in [1.29, 1.82) is 0 Å². The minimum Gasteiger partial charge on any atom is -0.494 e. The summed E-state index contributed by atoms with van der Waals surface area (Å²) in [7, 11) is 1.49. The number of hydrogen-bond donors (Lipinski definition) is 1. The molecule has 1 N–H and O–H groups in total. The first-order chi connectivity index (χ1) is 5.65. The quantitative estimate of drug-likeness (QED) is 0.786. The van der Waals surface area contributed by atoms with Gasteiger partial charge in [0.1, 0.15) is 10.3 Å². The third kappa shape index (κ3) is 1.73. The predicted molar refractivity (Wildman–Crippen MR) is 45.4 cm³/mol. The van der Waals surface area contributed by atoms with Crippen molar-refractivity contribution in [3.63, 3.8) is 0 Å². The fourth-order valence-electron chi connectivity index (χ4n) is 0.693. The van der Waals surface area contributed by atoms with Gasteiger partial charge >= 0.3 is 5.97 Å². The summed E-state index contributed by atoms with van der Waals surface area (Å²) in [6, 6.07) is 2.92. The van der Waals surface area contributed by atoms with Gasteiger partial charge in [0, 0.05) is 0 Å². The van der Waals surface area contributed by atoms with Crippen LogP contribution in [-0.2, 0) is 0 Å². The predicted octanol–water partition coefficient (Wildman–Crippen LogP) is 1.55. The summed E-state index contributed by atoms with van der Waals surface area (Å²) < 4.78 is 5.27. The summed E-state index contributed by atoms with van der Waals surface area (Å²) >= 11 is 3.08. The average Bonchev–Trinajstić information content (AvgIpc) is 2.04. The minimum absolute atomic E-state index is 0.0114. The van der Waals surface area contributed by atoms with Crippen LogP contribution in [0.3, 0.4) is 0 Å². The Balaban J connectivity index is 3.10. The molecule has 0 radical (unpaired) electrons. The molecule has 0 fully saturated rings. The number of carboxylic acids is 1. The third-order valence-corrected chi connectivity index (χ3v) is 1.82. The number of halogens is 1. The highest BCUT2D eigenvalue weighted by Gasteiger charge is 2.07. The van der Waals surface area contributed by atoms with E-state index in [2.05, 4.69) is 20.9 Å². The molecule has 0 atom stereocenters. The van der Waals surface area contributed by atoms with E-state index < -0.39 is 5.97 Å². The summed E-state index contributed by atoms with van der Waals surface area (Å²) in [5, 5.41) is 8.55. The highest BCUT2D eigenvalue weighted by Crippen LogP contribution is 2.21. The average molecular weight is 232 g/mol. The number of ether oxygens (including phenoxy) is 1. The maximum Gasteiger partial charge on any atom is 0.354 e. The lowest BCUT2D eigenvalue weighted by Gasteiger charge is -2.01. The minimum atomic E-state index is -1.06. The summed E-state index contributed by atoms with van der Waals surface area (Å²) in [6.45, 7) is 0. The molecule has 1 rings (SSSR count). The van der Waals surface area contributed by atoms with Crippen molar-refractivity contribution in [3.8, 4) is 5.75 Å². The molecule has 0 aliphatic carbocycles. The number of rotatable bonds is 2. The van der Waals surface area contributed by atoms with Gasteiger partial charge in [0.15, 0.2) is 5.75 Å². The van der Waals surface area contributed by atoms with Crippen molar-refractivity contribution in [1.82, 2.24) is 4.98 Å². The summed E-state index contributed by atoms with van der Waals surface area (Å²) in [6.07, 6.45) is 0. The van der Waals surface area contributed by atoms with Gasteiger partial charge < -0.3 is 9.84 Å². The van der Waals surface area contributed by atoms with Gasteiger partial charge in [-0.15, -0.1) is 0 Å². The molecule has 1 aromatic rings. The number of carboxylic acid groups (broad SMARTS) is 1. The summed E-state index contributed by atoms with van der Waals surface area (Å²) in [5.74, 6) is -0.543. The maximum absolute atomic E-state index is 10.4. The SMILES string of the molecule is COc1ccc(C(=O)O)nc1Br. The Morgan fingerprint density at radius 3 is 2.75 bits per heavy atom. The Bertz CT molecular complexity index is 314. The van der Waals surface area contributed by atoms with Crippen LogP contribution in [0, 0.1) is 0 Å². The molecule has 0 unspecified atom stereocenters. The van der Waals surface area contributed by atoms with Gasteiger partial charge in [0.05, 0.1) is 7.11 Å². The number of hydrogen-bond acceptors (Lipinski definition) is 3. The van der Waals surface area contributed by atoms with Crippen LogP contribution in [0.2, 0.25) is 0 Å². The molecule has 5 heteroatoms. The Kier molecular flexibility index (Phi) is 2.65. The molecule has 0 saturated heterocycles. The van der Waals surface area contributed by atoms with Gasteiger partial charge in [-0.2, -0.15) is 0 Å². The number of aromatic nitrogens is 1. The molecule has 12 heavy (non-hydrogen) atoms. The molecule has 0 saturated carbocycles. The van der Waals surface area contributed by atoms with Crippen molar-refractivity contribution < 1.29 is 14.6 Å². The smallest absolute Gasteiger partial charge is 0.354 e.